The van der Waals surface area contributed by atoms with Crippen LogP contribution in [0, 0.1) is 11.7 Å². The summed E-state index contributed by atoms with van der Waals surface area (Å²) in [5.74, 6) is -1.43. The summed E-state index contributed by atoms with van der Waals surface area (Å²) in [6, 6.07) is 6.12. The second-order valence-electron chi connectivity index (χ2n) is 6.08. The van der Waals surface area contributed by atoms with Gasteiger partial charge >= 0.3 is 5.97 Å². The quantitative estimate of drug-likeness (QED) is 0.747. The molecule has 1 aliphatic rings. The number of benzene rings is 1. The van der Waals surface area contributed by atoms with Crippen LogP contribution in [-0.2, 0) is 25.5 Å². The fourth-order valence-electron chi connectivity index (χ4n) is 2.66. The zero-order chi connectivity index (χ0) is 17.5. The van der Waals surface area contributed by atoms with Gasteiger partial charge in [-0.05, 0) is 30.5 Å². The summed E-state index contributed by atoms with van der Waals surface area (Å²) in [4.78, 5) is 25.8. The number of hydrogen-bond acceptors (Lipinski definition) is 4. The molecular formula is C18H24FNO4. The molecule has 0 radical (unpaired) electrons. The fraction of sp³-hybridized carbons (Fsp3) is 0.556. The van der Waals surface area contributed by atoms with Gasteiger partial charge in [0.25, 0.3) is 5.91 Å². The maximum Gasteiger partial charge on any atom is 0.309 e. The van der Waals surface area contributed by atoms with Gasteiger partial charge in [-0.25, -0.2) is 4.39 Å². The molecule has 2 atom stereocenters. The number of nitrogens with zero attached hydrogens (tertiary/aromatic N) is 1. The van der Waals surface area contributed by atoms with Gasteiger partial charge in [0, 0.05) is 13.1 Å². The Labute approximate surface area is 141 Å². The summed E-state index contributed by atoms with van der Waals surface area (Å²) >= 11 is 0. The summed E-state index contributed by atoms with van der Waals surface area (Å²) < 4.78 is 23.8. The van der Waals surface area contributed by atoms with E-state index >= 15 is 0 Å². The fourth-order valence-corrected chi connectivity index (χ4v) is 2.66. The summed E-state index contributed by atoms with van der Waals surface area (Å²) in [7, 11) is 0. The first-order valence-corrected chi connectivity index (χ1v) is 8.30. The first-order chi connectivity index (χ1) is 11.5. The van der Waals surface area contributed by atoms with Crippen molar-refractivity contribution in [1.82, 2.24) is 4.90 Å². The average Bonchev–Trinajstić information content (AvgIpc) is 2.59. The topological polar surface area (TPSA) is 55.8 Å². The number of carbonyl (C=O) groups is 2. The van der Waals surface area contributed by atoms with Crippen molar-refractivity contribution in [2.24, 2.45) is 5.92 Å². The van der Waals surface area contributed by atoms with E-state index in [4.69, 9.17) is 9.47 Å². The normalized spacial score (nSPS) is 19.0. The first-order valence-electron chi connectivity index (χ1n) is 8.30. The Bertz CT molecular complexity index is 578. The van der Waals surface area contributed by atoms with Gasteiger partial charge in [-0.2, -0.15) is 0 Å². The van der Waals surface area contributed by atoms with Crippen molar-refractivity contribution in [3.8, 4) is 0 Å². The molecule has 1 amide bonds. The molecule has 1 aliphatic heterocycles. The highest BCUT2D eigenvalue weighted by molar-refractivity contribution is 5.81. The smallest absolute Gasteiger partial charge is 0.309 e. The number of ether oxygens (including phenoxy) is 2. The van der Waals surface area contributed by atoms with Crippen LogP contribution in [0.1, 0.15) is 25.8 Å². The van der Waals surface area contributed by atoms with Crippen LogP contribution in [0.2, 0.25) is 0 Å². The second-order valence-corrected chi connectivity index (χ2v) is 6.08. The molecular weight excluding hydrogens is 313 g/mol. The third-order valence-corrected chi connectivity index (χ3v) is 4.12. The van der Waals surface area contributed by atoms with E-state index in [-0.39, 0.29) is 24.4 Å². The van der Waals surface area contributed by atoms with E-state index in [1.165, 1.54) is 12.1 Å². The maximum absolute atomic E-state index is 13.2. The molecule has 6 heteroatoms. The van der Waals surface area contributed by atoms with Gasteiger partial charge in [-0.15, -0.1) is 0 Å². The van der Waals surface area contributed by atoms with E-state index in [1.807, 2.05) is 6.92 Å². The minimum Gasteiger partial charge on any atom is -0.455 e. The van der Waals surface area contributed by atoms with Gasteiger partial charge in [0.05, 0.1) is 18.6 Å². The highest BCUT2D eigenvalue weighted by atomic mass is 19.1. The molecule has 0 bridgehead atoms. The monoisotopic (exact) mass is 337 g/mol. The number of rotatable bonds is 6. The van der Waals surface area contributed by atoms with Crippen LogP contribution in [0.5, 0.6) is 0 Å². The van der Waals surface area contributed by atoms with Gasteiger partial charge in [-0.1, -0.05) is 26.0 Å². The summed E-state index contributed by atoms with van der Waals surface area (Å²) in [5, 5.41) is 0. The highest BCUT2D eigenvalue weighted by Gasteiger charge is 2.24. The van der Waals surface area contributed by atoms with E-state index in [9.17, 15) is 14.0 Å². The molecule has 0 aromatic heterocycles. The average molecular weight is 337 g/mol. The molecule has 1 fully saturated rings. The number of amides is 1. The van der Waals surface area contributed by atoms with E-state index in [0.29, 0.717) is 26.1 Å². The molecule has 1 heterocycles. The van der Waals surface area contributed by atoms with Gasteiger partial charge in [0.15, 0.2) is 6.61 Å². The highest BCUT2D eigenvalue weighted by Crippen LogP contribution is 2.12. The Balaban J connectivity index is 1.78. The number of esters is 1. The lowest BCUT2D eigenvalue weighted by molar-refractivity contribution is -0.157. The minimum absolute atomic E-state index is 0.0466. The standard InChI is InChI=1S/C18H24FNO4/c1-3-16-11-20(7-8-23-16)17(21)12-24-18(22)13(2)9-14-5-4-6-15(19)10-14/h4-6,10,13,16H,3,7-9,11-12H2,1-2H3. The summed E-state index contributed by atoms with van der Waals surface area (Å²) in [6.45, 7) is 5.01. The Morgan fingerprint density at radius 1 is 1.46 bits per heavy atom. The molecule has 0 aliphatic carbocycles. The number of morpholine rings is 1. The van der Waals surface area contributed by atoms with Crippen LogP contribution in [0.15, 0.2) is 24.3 Å². The third kappa shape index (κ3) is 5.30. The summed E-state index contributed by atoms with van der Waals surface area (Å²) in [6.07, 6.45) is 1.26. The Morgan fingerprint density at radius 2 is 2.25 bits per heavy atom. The lowest BCUT2D eigenvalue weighted by Crippen LogP contribution is -2.47. The van der Waals surface area contributed by atoms with Crippen molar-refractivity contribution < 1.29 is 23.5 Å². The molecule has 2 rings (SSSR count). The zero-order valence-electron chi connectivity index (χ0n) is 14.2. The van der Waals surface area contributed by atoms with Crippen LogP contribution in [0.3, 0.4) is 0 Å². The Kier molecular flexibility index (Phi) is 6.73. The van der Waals surface area contributed by atoms with Crippen molar-refractivity contribution >= 4 is 11.9 Å². The Morgan fingerprint density at radius 3 is 2.96 bits per heavy atom. The minimum atomic E-state index is -0.451. The molecule has 1 saturated heterocycles. The molecule has 0 saturated carbocycles. The van der Waals surface area contributed by atoms with E-state index in [1.54, 1.807) is 24.0 Å². The predicted molar refractivity (Wildman–Crippen MR) is 86.8 cm³/mol. The lowest BCUT2D eigenvalue weighted by Gasteiger charge is -2.32. The van der Waals surface area contributed by atoms with Gasteiger partial charge in [0.2, 0.25) is 0 Å². The van der Waals surface area contributed by atoms with E-state index in [0.717, 1.165) is 12.0 Å². The van der Waals surface area contributed by atoms with Crippen molar-refractivity contribution in [3.63, 3.8) is 0 Å². The lowest BCUT2D eigenvalue weighted by atomic mass is 10.0. The van der Waals surface area contributed by atoms with Crippen LogP contribution in [0.25, 0.3) is 0 Å². The van der Waals surface area contributed by atoms with Crippen molar-refractivity contribution in [1.29, 1.82) is 0 Å². The predicted octanol–water partition coefficient (Wildman–Crippen LogP) is 2.18. The van der Waals surface area contributed by atoms with Crippen LogP contribution in [-0.4, -0.2) is 49.2 Å². The van der Waals surface area contributed by atoms with Crippen LogP contribution < -0.4 is 0 Å². The van der Waals surface area contributed by atoms with Crippen molar-refractivity contribution in [2.45, 2.75) is 32.8 Å². The van der Waals surface area contributed by atoms with Crippen LogP contribution in [0.4, 0.5) is 4.39 Å². The molecule has 24 heavy (non-hydrogen) atoms. The van der Waals surface area contributed by atoms with E-state index < -0.39 is 11.9 Å². The maximum atomic E-state index is 13.2. The van der Waals surface area contributed by atoms with E-state index in [2.05, 4.69) is 0 Å². The molecule has 1 aromatic rings. The van der Waals surface area contributed by atoms with Crippen molar-refractivity contribution in [3.05, 3.63) is 35.6 Å². The third-order valence-electron chi connectivity index (χ3n) is 4.12. The largest absolute Gasteiger partial charge is 0.455 e. The van der Waals surface area contributed by atoms with Gasteiger partial charge < -0.3 is 14.4 Å². The Hall–Kier alpha value is -1.95. The molecule has 132 valence electrons. The second kappa shape index (κ2) is 8.78. The first kappa shape index (κ1) is 18.4. The number of halogens is 1. The zero-order valence-corrected chi connectivity index (χ0v) is 14.2. The van der Waals surface area contributed by atoms with Gasteiger partial charge in [0.1, 0.15) is 5.82 Å². The van der Waals surface area contributed by atoms with Gasteiger partial charge in [-0.3, -0.25) is 9.59 Å². The molecule has 2 unspecified atom stereocenters. The molecule has 5 nitrogen and oxygen atoms in total. The molecule has 0 N–H and O–H groups in total. The van der Waals surface area contributed by atoms with Crippen molar-refractivity contribution in [2.75, 3.05) is 26.3 Å². The van der Waals surface area contributed by atoms with Crippen LogP contribution >= 0.6 is 0 Å². The molecule has 0 spiro atoms. The number of carbonyl (C=O) groups excluding carboxylic acids is 2. The SMILES string of the molecule is CCC1CN(C(=O)COC(=O)C(C)Cc2cccc(F)c2)CCO1. The number of hydrogen-bond donors (Lipinski definition) is 0. The molecule has 1 aromatic carbocycles. The summed E-state index contributed by atoms with van der Waals surface area (Å²) in [5.41, 5.74) is 0.727.